The van der Waals surface area contributed by atoms with Gasteiger partial charge in [-0.05, 0) is 33.0 Å². The maximum absolute atomic E-state index is 5.89. The normalized spacial score (nSPS) is 20.2. The number of nitrogens with zero attached hydrogens (tertiary/aromatic N) is 2. The molecule has 1 heterocycles. The van der Waals surface area contributed by atoms with Gasteiger partial charge in [-0.2, -0.15) is 0 Å². The molecule has 0 aliphatic carbocycles. The zero-order valence-corrected chi connectivity index (χ0v) is 13.0. The molecule has 1 saturated heterocycles. The van der Waals surface area contributed by atoms with E-state index in [0.29, 0.717) is 6.54 Å². The molecule has 3 nitrogen and oxygen atoms in total. The summed E-state index contributed by atoms with van der Waals surface area (Å²) in [5.74, 6) is 0. The molecule has 1 aliphatic heterocycles. The van der Waals surface area contributed by atoms with Gasteiger partial charge >= 0.3 is 0 Å². The van der Waals surface area contributed by atoms with Gasteiger partial charge in [0.1, 0.15) is 0 Å². The van der Waals surface area contributed by atoms with Crippen molar-refractivity contribution in [2.45, 2.75) is 25.9 Å². The second kappa shape index (κ2) is 5.19. The maximum atomic E-state index is 5.89. The molecule has 1 fully saturated rings. The topological polar surface area (TPSA) is 32.5 Å². The number of halogens is 1. The van der Waals surface area contributed by atoms with E-state index in [1.165, 1.54) is 11.3 Å². The van der Waals surface area contributed by atoms with E-state index in [4.69, 9.17) is 5.73 Å². The summed E-state index contributed by atoms with van der Waals surface area (Å²) in [5, 5.41) is 0. The van der Waals surface area contributed by atoms with Gasteiger partial charge in [-0.25, -0.2) is 0 Å². The Hall–Kier alpha value is -0.580. The minimum Gasteiger partial charge on any atom is -0.368 e. The van der Waals surface area contributed by atoms with Crippen LogP contribution in [0.2, 0.25) is 0 Å². The van der Waals surface area contributed by atoms with Gasteiger partial charge in [0.2, 0.25) is 0 Å². The largest absolute Gasteiger partial charge is 0.368 e. The van der Waals surface area contributed by atoms with E-state index in [0.717, 1.165) is 24.1 Å². The molecule has 0 atom stereocenters. The predicted octanol–water partition coefficient (Wildman–Crippen LogP) is 2.44. The van der Waals surface area contributed by atoms with Crippen molar-refractivity contribution in [2.24, 2.45) is 5.73 Å². The molecule has 1 aliphatic rings. The van der Waals surface area contributed by atoms with Gasteiger partial charge in [-0.15, -0.1) is 0 Å². The quantitative estimate of drug-likeness (QED) is 0.910. The van der Waals surface area contributed by atoms with Gasteiger partial charge in [0, 0.05) is 47.4 Å². The fourth-order valence-electron chi connectivity index (χ4n) is 2.49. The number of benzene rings is 1. The van der Waals surface area contributed by atoms with Crippen molar-refractivity contribution in [2.75, 3.05) is 31.6 Å². The lowest BCUT2D eigenvalue weighted by atomic mass is 9.98. The number of nitrogens with two attached hydrogens (primary N) is 1. The molecule has 4 heteroatoms. The monoisotopic (exact) mass is 311 g/mol. The Kier molecular flexibility index (Phi) is 3.99. The standard InChI is InChI=1S/C14H22BrN3/c1-14(2)10-18(8-7-17(14)3)13-6-4-5-12(15)11(13)9-16/h4-6H,7-10,16H2,1-3H3. The van der Waals surface area contributed by atoms with Crippen molar-refractivity contribution >= 4 is 21.6 Å². The number of hydrogen-bond acceptors (Lipinski definition) is 3. The lowest BCUT2D eigenvalue weighted by Gasteiger charge is -2.46. The molecule has 0 amide bonds. The van der Waals surface area contributed by atoms with Crippen LogP contribution in [0.1, 0.15) is 19.4 Å². The van der Waals surface area contributed by atoms with Crippen molar-refractivity contribution < 1.29 is 0 Å². The maximum Gasteiger partial charge on any atom is 0.0424 e. The molecule has 1 aromatic rings. The van der Waals surface area contributed by atoms with Crippen LogP contribution in [0.25, 0.3) is 0 Å². The molecule has 0 aromatic heterocycles. The molecule has 2 N–H and O–H groups in total. The van der Waals surface area contributed by atoms with Crippen LogP contribution in [0.3, 0.4) is 0 Å². The van der Waals surface area contributed by atoms with Crippen molar-refractivity contribution in [1.29, 1.82) is 0 Å². The Morgan fingerprint density at radius 3 is 2.67 bits per heavy atom. The summed E-state index contributed by atoms with van der Waals surface area (Å²) in [6.07, 6.45) is 0. The van der Waals surface area contributed by atoms with Gasteiger partial charge < -0.3 is 10.6 Å². The SMILES string of the molecule is CN1CCN(c2cccc(Br)c2CN)CC1(C)C. The first-order chi connectivity index (χ1) is 8.45. The first kappa shape index (κ1) is 13.8. The summed E-state index contributed by atoms with van der Waals surface area (Å²) in [4.78, 5) is 4.87. The highest BCUT2D eigenvalue weighted by Gasteiger charge is 2.31. The van der Waals surface area contributed by atoms with E-state index >= 15 is 0 Å². The van der Waals surface area contributed by atoms with Gasteiger partial charge in [-0.3, -0.25) is 4.90 Å². The molecule has 100 valence electrons. The first-order valence-electron chi connectivity index (χ1n) is 6.39. The third-order valence-corrected chi connectivity index (χ3v) is 4.70. The summed E-state index contributed by atoms with van der Waals surface area (Å²) in [6.45, 7) is 8.34. The van der Waals surface area contributed by atoms with Crippen LogP contribution in [-0.4, -0.2) is 37.1 Å². The molecule has 0 saturated carbocycles. The summed E-state index contributed by atoms with van der Waals surface area (Å²) in [7, 11) is 2.20. The lowest BCUT2D eigenvalue weighted by molar-refractivity contribution is 0.139. The van der Waals surface area contributed by atoms with Crippen LogP contribution in [0.5, 0.6) is 0 Å². The molecule has 0 unspecified atom stereocenters. The minimum absolute atomic E-state index is 0.201. The predicted molar refractivity (Wildman–Crippen MR) is 81.0 cm³/mol. The van der Waals surface area contributed by atoms with Gasteiger partial charge in [-0.1, -0.05) is 22.0 Å². The summed E-state index contributed by atoms with van der Waals surface area (Å²) >= 11 is 3.60. The van der Waals surface area contributed by atoms with Crippen molar-refractivity contribution in [3.8, 4) is 0 Å². The van der Waals surface area contributed by atoms with E-state index in [2.05, 4.69) is 64.8 Å². The summed E-state index contributed by atoms with van der Waals surface area (Å²) in [6, 6.07) is 6.32. The van der Waals surface area contributed by atoms with E-state index < -0.39 is 0 Å². The highest BCUT2D eigenvalue weighted by molar-refractivity contribution is 9.10. The van der Waals surface area contributed by atoms with E-state index in [1.54, 1.807) is 0 Å². The highest BCUT2D eigenvalue weighted by atomic mass is 79.9. The minimum atomic E-state index is 0.201. The molecular weight excluding hydrogens is 290 g/mol. The molecule has 0 bridgehead atoms. The zero-order chi connectivity index (χ0) is 13.3. The summed E-state index contributed by atoms with van der Waals surface area (Å²) in [5.41, 5.74) is 8.56. The Balaban J connectivity index is 2.30. The van der Waals surface area contributed by atoms with Crippen LogP contribution >= 0.6 is 15.9 Å². The van der Waals surface area contributed by atoms with Crippen molar-refractivity contribution in [1.82, 2.24) is 4.90 Å². The van der Waals surface area contributed by atoms with Crippen LogP contribution in [-0.2, 0) is 6.54 Å². The fourth-order valence-corrected chi connectivity index (χ4v) is 3.01. The average Bonchev–Trinajstić information content (AvgIpc) is 2.32. The number of likely N-dealkylation sites (N-methyl/N-ethyl adjacent to an activating group) is 1. The van der Waals surface area contributed by atoms with Crippen LogP contribution in [0.4, 0.5) is 5.69 Å². The van der Waals surface area contributed by atoms with Gasteiger partial charge in [0.05, 0.1) is 0 Å². The lowest BCUT2D eigenvalue weighted by Crippen LogP contribution is -2.57. The first-order valence-corrected chi connectivity index (χ1v) is 7.18. The third-order valence-electron chi connectivity index (χ3n) is 3.96. The van der Waals surface area contributed by atoms with E-state index in [1.807, 2.05) is 0 Å². The van der Waals surface area contributed by atoms with Gasteiger partial charge in [0.25, 0.3) is 0 Å². The molecule has 1 aromatic carbocycles. The molecule has 18 heavy (non-hydrogen) atoms. The molecular formula is C14H22BrN3. The third kappa shape index (κ3) is 2.56. The number of anilines is 1. The second-order valence-electron chi connectivity index (χ2n) is 5.60. The molecule has 0 spiro atoms. The number of hydrogen-bond donors (Lipinski definition) is 1. The second-order valence-corrected chi connectivity index (χ2v) is 6.45. The average molecular weight is 312 g/mol. The van der Waals surface area contributed by atoms with Crippen molar-refractivity contribution in [3.05, 3.63) is 28.2 Å². The van der Waals surface area contributed by atoms with Crippen LogP contribution < -0.4 is 10.6 Å². The van der Waals surface area contributed by atoms with E-state index in [-0.39, 0.29) is 5.54 Å². The Labute approximate surface area is 118 Å². The summed E-state index contributed by atoms with van der Waals surface area (Å²) < 4.78 is 1.11. The Morgan fingerprint density at radius 1 is 1.33 bits per heavy atom. The van der Waals surface area contributed by atoms with Crippen molar-refractivity contribution in [3.63, 3.8) is 0 Å². The number of rotatable bonds is 2. The Bertz CT molecular complexity index is 431. The smallest absolute Gasteiger partial charge is 0.0424 e. The highest BCUT2D eigenvalue weighted by Crippen LogP contribution is 2.31. The molecule has 0 radical (unpaired) electrons. The van der Waals surface area contributed by atoms with Gasteiger partial charge in [0.15, 0.2) is 0 Å². The fraction of sp³-hybridized carbons (Fsp3) is 0.571. The molecule has 2 rings (SSSR count). The Morgan fingerprint density at radius 2 is 2.06 bits per heavy atom. The number of piperazine rings is 1. The van der Waals surface area contributed by atoms with E-state index in [9.17, 15) is 0 Å². The van der Waals surface area contributed by atoms with Crippen LogP contribution in [0.15, 0.2) is 22.7 Å². The van der Waals surface area contributed by atoms with Crippen LogP contribution in [0, 0.1) is 0 Å². The zero-order valence-electron chi connectivity index (χ0n) is 11.4.